The highest BCUT2D eigenvalue weighted by Crippen LogP contribution is 2.17. The van der Waals surface area contributed by atoms with Crippen LogP contribution in [0.5, 0.6) is 0 Å². The van der Waals surface area contributed by atoms with E-state index in [0.29, 0.717) is 45.8 Å². The molecule has 1 aliphatic rings. The molecule has 144 valence electrons. The average molecular weight is 347 g/mol. The van der Waals surface area contributed by atoms with Crippen LogP contribution in [0.1, 0.15) is 48.0 Å². The Kier molecular flexibility index (Phi) is 12.8. The molecular formula is C17H38N4O3. The van der Waals surface area contributed by atoms with E-state index in [1.165, 1.54) is 0 Å². The Hall–Kier alpha value is -1.18. The van der Waals surface area contributed by atoms with Crippen LogP contribution in [0.3, 0.4) is 0 Å². The molecule has 6 N–H and O–H groups in total. The Morgan fingerprint density at radius 2 is 1.46 bits per heavy atom. The van der Waals surface area contributed by atoms with Gasteiger partial charge in [0, 0.05) is 26.1 Å². The summed E-state index contributed by atoms with van der Waals surface area (Å²) in [5.74, 6) is -0.149. The van der Waals surface area contributed by atoms with Crippen LogP contribution in [-0.2, 0) is 14.3 Å². The Morgan fingerprint density at radius 1 is 1.00 bits per heavy atom. The summed E-state index contributed by atoms with van der Waals surface area (Å²) >= 11 is 0. The van der Waals surface area contributed by atoms with Gasteiger partial charge in [0.1, 0.15) is 0 Å². The third kappa shape index (κ3) is 10.6. The fourth-order valence-electron chi connectivity index (χ4n) is 1.83. The molecule has 1 rings (SSSR count). The number of hydrogen-bond donors (Lipinski definition) is 3. The smallest absolute Gasteiger partial charge is 0.229 e. The van der Waals surface area contributed by atoms with Gasteiger partial charge in [0.05, 0.1) is 18.6 Å². The summed E-state index contributed by atoms with van der Waals surface area (Å²) in [6, 6.07) is 0. The molecule has 0 radical (unpaired) electrons. The van der Waals surface area contributed by atoms with Gasteiger partial charge in [0.25, 0.3) is 0 Å². The zero-order valence-electron chi connectivity index (χ0n) is 16.4. The van der Waals surface area contributed by atoms with Crippen LogP contribution in [0, 0.1) is 10.8 Å². The van der Waals surface area contributed by atoms with E-state index in [9.17, 15) is 9.59 Å². The van der Waals surface area contributed by atoms with Gasteiger partial charge in [-0.25, -0.2) is 0 Å². The lowest BCUT2D eigenvalue weighted by Gasteiger charge is -2.33. The number of amides is 2. The Balaban J connectivity index is 0. The molecule has 1 aliphatic heterocycles. The van der Waals surface area contributed by atoms with E-state index in [0.717, 1.165) is 0 Å². The molecule has 0 unspecified atom stereocenters. The molecule has 1 saturated heterocycles. The molecule has 7 nitrogen and oxygen atoms in total. The van der Waals surface area contributed by atoms with E-state index >= 15 is 0 Å². The number of rotatable bonds is 5. The van der Waals surface area contributed by atoms with Gasteiger partial charge in [-0.15, -0.1) is 0 Å². The van der Waals surface area contributed by atoms with E-state index in [1.807, 2.05) is 46.4 Å². The summed E-state index contributed by atoms with van der Waals surface area (Å²) in [5.41, 5.74) is 15.3. The molecule has 0 aromatic carbocycles. The summed E-state index contributed by atoms with van der Waals surface area (Å²) in [6.07, 6.45) is 0.365. The first-order valence-corrected chi connectivity index (χ1v) is 8.61. The summed E-state index contributed by atoms with van der Waals surface area (Å²) in [7, 11) is 0. The number of morpholine rings is 1. The van der Waals surface area contributed by atoms with Crippen molar-refractivity contribution in [2.75, 3.05) is 39.4 Å². The third-order valence-corrected chi connectivity index (χ3v) is 3.59. The Morgan fingerprint density at radius 3 is 1.75 bits per heavy atom. The number of carbonyl (C=O) groups is 2. The minimum atomic E-state index is -0.433. The zero-order chi connectivity index (χ0) is 19.4. The van der Waals surface area contributed by atoms with Crippen LogP contribution in [0.2, 0.25) is 0 Å². The predicted molar refractivity (Wildman–Crippen MR) is 98.2 cm³/mol. The standard InChI is InChI=1S/C9H18N2O2.C6H14N2O.C2H6/c1-9(2,7-10)8(12)11-3-5-13-6-4-11;1-6(2,4-7)3-5(8)9;1-2/h3-7,10H2,1-2H3;3-4,7H2,1-2H3,(H2,8,9);1-2H3. The van der Waals surface area contributed by atoms with E-state index in [-0.39, 0.29) is 17.2 Å². The number of carbonyl (C=O) groups excluding carboxylic acids is 2. The average Bonchev–Trinajstić information content (AvgIpc) is 2.56. The van der Waals surface area contributed by atoms with E-state index in [1.54, 1.807) is 0 Å². The van der Waals surface area contributed by atoms with Gasteiger partial charge in [0.15, 0.2) is 0 Å². The largest absolute Gasteiger partial charge is 0.378 e. The quantitative estimate of drug-likeness (QED) is 0.676. The number of primary amides is 1. The summed E-state index contributed by atoms with van der Waals surface area (Å²) in [4.78, 5) is 24.0. The lowest BCUT2D eigenvalue weighted by atomic mass is 9.89. The second-order valence-corrected chi connectivity index (χ2v) is 7.00. The van der Waals surface area contributed by atoms with Gasteiger partial charge in [-0.1, -0.05) is 27.7 Å². The molecule has 1 heterocycles. The minimum absolute atomic E-state index is 0.133. The maximum absolute atomic E-state index is 11.8. The summed E-state index contributed by atoms with van der Waals surface area (Å²) in [6.45, 7) is 15.2. The molecule has 0 aliphatic carbocycles. The van der Waals surface area contributed by atoms with Crippen LogP contribution in [0.25, 0.3) is 0 Å². The molecule has 0 atom stereocenters. The van der Waals surface area contributed by atoms with E-state index < -0.39 is 5.41 Å². The molecule has 7 heteroatoms. The second-order valence-electron chi connectivity index (χ2n) is 7.00. The predicted octanol–water partition coefficient (Wildman–Crippen LogP) is 0.703. The normalized spacial score (nSPS) is 14.8. The first-order chi connectivity index (χ1) is 11.1. The monoisotopic (exact) mass is 346 g/mol. The Bertz CT molecular complexity index is 365. The van der Waals surface area contributed by atoms with E-state index in [4.69, 9.17) is 21.9 Å². The van der Waals surface area contributed by atoms with Crippen molar-refractivity contribution in [2.45, 2.75) is 48.0 Å². The fourth-order valence-corrected chi connectivity index (χ4v) is 1.83. The first kappa shape index (κ1) is 25.1. The number of hydrogen-bond acceptors (Lipinski definition) is 5. The molecule has 0 bridgehead atoms. The van der Waals surface area contributed by atoms with Crippen molar-refractivity contribution in [1.82, 2.24) is 4.90 Å². The number of nitrogens with two attached hydrogens (primary N) is 3. The van der Waals surface area contributed by atoms with Crippen LogP contribution >= 0.6 is 0 Å². The third-order valence-electron chi connectivity index (χ3n) is 3.59. The van der Waals surface area contributed by atoms with Crippen LogP contribution in [-0.4, -0.2) is 56.1 Å². The minimum Gasteiger partial charge on any atom is -0.378 e. The van der Waals surface area contributed by atoms with Crippen LogP contribution < -0.4 is 17.2 Å². The maximum atomic E-state index is 11.8. The number of ether oxygens (including phenoxy) is 1. The molecule has 2 amide bonds. The van der Waals surface area contributed by atoms with Crippen LogP contribution in [0.15, 0.2) is 0 Å². The van der Waals surface area contributed by atoms with Gasteiger partial charge < -0.3 is 26.8 Å². The summed E-state index contributed by atoms with van der Waals surface area (Å²) in [5, 5.41) is 0. The van der Waals surface area contributed by atoms with Crippen molar-refractivity contribution in [1.29, 1.82) is 0 Å². The molecule has 1 fully saturated rings. The highest BCUT2D eigenvalue weighted by Gasteiger charge is 2.31. The SMILES string of the molecule is CC.CC(C)(CN)C(=O)N1CCOCC1.CC(C)(CN)CC(N)=O. The zero-order valence-corrected chi connectivity index (χ0v) is 16.4. The first-order valence-electron chi connectivity index (χ1n) is 8.61. The van der Waals surface area contributed by atoms with Crippen molar-refractivity contribution >= 4 is 11.8 Å². The van der Waals surface area contributed by atoms with Gasteiger partial charge >= 0.3 is 0 Å². The lowest BCUT2D eigenvalue weighted by Crippen LogP contribution is -2.49. The van der Waals surface area contributed by atoms with Crippen molar-refractivity contribution in [2.24, 2.45) is 28.0 Å². The van der Waals surface area contributed by atoms with Gasteiger partial charge in [0.2, 0.25) is 11.8 Å². The molecule has 0 aromatic heterocycles. The topological polar surface area (TPSA) is 125 Å². The van der Waals surface area contributed by atoms with Crippen molar-refractivity contribution in [3.05, 3.63) is 0 Å². The van der Waals surface area contributed by atoms with Gasteiger partial charge in [-0.05, 0) is 25.8 Å². The molecule has 24 heavy (non-hydrogen) atoms. The van der Waals surface area contributed by atoms with E-state index in [2.05, 4.69) is 0 Å². The number of nitrogens with zero attached hydrogens (tertiary/aromatic N) is 1. The molecule has 0 aromatic rings. The molecular weight excluding hydrogens is 308 g/mol. The van der Waals surface area contributed by atoms with Crippen molar-refractivity contribution in [3.63, 3.8) is 0 Å². The lowest BCUT2D eigenvalue weighted by molar-refractivity contribution is -0.144. The summed E-state index contributed by atoms with van der Waals surface area (Å²) < 4.78 is 5.17. The van der Waals surface area contributed by atoms with Gasteiger partial charge in [-0.2, -0.15) is 0 Å². The highest BCUT2D eigenvalue weighted by molar-refractivity contribution is 5.82. The van der Waals surface area contributed by atoms with Crippen LogP contribution in [0.4, 0.5) is 0 Å². The fraction of sp³-hybridized carbons (Fsp3) is 0.882. The molecule has 0 saturated carbocycles. The van der Waals surface area contributed by atoms with Gasteiger partial charge in [-0.3, -0.25) is 9.59 Å². The van der Waals surface area contributed by atoms with Crippen molar-refractivity contribution < 1.29 is 14.3 Å². The maximum Gasteiger partial charge on any atom is 0.229 e. The second kappa shape index (κ2) is 12.2. The Labute approximate surface area is 147 Å². The highest BCUT2D eigenvalue weighted by atomic mass is 16.5. The molecule has 0 spiro atoms. The van der Waals surface area contributed by atoms with Crippen molar-refractivity contribution in [3.8, 4) is 0 Å².